The van der Waals surface area contributed by atoms with Crippen LogP contribution >= 0.6 is 11.9 Å². The quantitative estimate of drug-likeness (QED) is 0.656. The molecule has 0 aromatic carbocycles. The van der Waals surface area contributed by atoms with Gasteiger partial charge in [-0.05, 0) is 13.0 Å². The molecule has 4 heteroatoms. The number of hydrogen-bond donors (Lipinski definition) is 1. The molecular weight excluding hydrogens is 146 g/mol. The Morgan fingerprint density at radius 1 is 1.60 bits per heavy atom. The number of anilines is 1. The summed E-state index contributed by atoms with van der Waals surface area (Å²) in [6.07, 6.45) is 3.67. The molecule has 0 saturated heterocycles. The van der Waals surface area contributed by atoms with Crippen molar-refractivity contribution in [2.45, 2.75) is 6.92 Å². The Morgan fingerprint density at radius 3 is 3.00 bits per heavy atom. The van der Waals surface area contributed by atoms with Gasteiger partial charge in [0.25, 0.3) is 0 Å². The van der Waals surface area contributed by atoms with Crippen molar-refractivity contribution in [1.82, 2.24) is 9.97 Å². The summed E-state index contributed by atoms with van der Waals surface area (Å²) < 4.78 is 2.94. The first kappa shape index (κ1) is 7.34. The van der Waals surface area contributed by atoms with Gasteiger partial charge in [-0.2, -0.15) is 0 Å². The lowest BCUT2D eigenvalue weighted by Crippen LogP contribution is -1.93. The number of aromatic nitrogens is 2. The highest BCUT2D eigenvalue weighted by molar-refractivity contribution is 7.99. The third-order valence-electron chi connectivity index (χ3n) is 0.988. The van der Waals surface area contributed by atoms with Crippen LogP contribution in [0.2, 0.25) is 0 Å². The first-order chi connectivity index (χ1) is 4.83. The summed E-state index contributed by atoms with van der Waals surface area (Å²) in [5, 5.41) is 0. The molecule has 0 aliphatic carbocycles. The van der Waals surface area contributed by atoms with Crippen molar-refractivity contribution in [1.29, 1.82) is 0 Å². The Bertz CT molecular complexity index is 214. The molecule has 3 nitrogen and oxygen atoms in total. The van der Waals surface area contributed by atoms with Crippen molar-refractivity contribution in [3.63, 3.8) is 0 Å². The van der Waals surface area contributed by atoms with Gasteiger partial charge in [-0.3, -0.25) is 4.72 Å². The molecule has 1 aromatic heterocycles. The van der Waals surface area contributed by atoms with Gasteiger partial charge in [-0.15, -0.1) is 0 Å². The molecule has 54 valence electrons. The fourth-order valence-corrected chi connectivity index (χ4v) is 0.870. The molecular formula is C6H9N3S. The van der Waals surface area contributed by atoms with E-state index in [9.17, 15) is 0 Å². The van der Waals surface area contributed by atoms with Crippen LogP contribution in [-0.2, 0) is 0 Å². The average molecular weight is 155 g/mol. The molecule has 10 heavy (non-hydrogen) atoms. The molecule has 0 radical (unpaired) electrons. The third kappa shape index (κ3) is 1.88. The first-order valence-corrected chi connectivity index (χ1v) is 4.14. The van der Waals surface area contributed by atoms with Gasteiger partial charge in [0.05, 0.1) is 0 Å². The van der Waals surface area contributed by atoms with Crippen LogP contribution in [0.5, 0.6) is 0 Å². The topological polar surface area (TPSA) is 37.8 Å². The van der Waals surface area contributed by atoms with Crippen molar-refractivity contribution < 1.29 is 0 Å². The maximum atomic E-state index is 4.12. The van der Waals surface area contributed by atoms with E-state index >= 15 is 0 Å². The highest BCUT2D eigenvalue weighted by atomic mass is 32.2. The van der Waals surface area contributed by atoms with Crippen LogP contribution in [0, 0.1) is 6.92 Å². The molecule has 1 N–H and O–H groups in total. The highest BCUT2D eigenvalue weighted by Gasteiger charge is 1.90. The standard InChI is InChI=1S/C6H9N3S/c1-5-3-4-7-6(8-5)9-10-2/h3-4H,1-2H3,(H,7,8,9). The smallest absolute Gasteiger partial charge is 0.233 e. The molecule has 0 amide bonds. The van der Waals surface area contributed by atoms with Crippen LogP contribution in [-0.4, -0.2) is 16.2 Å². The molecule has 0 aliphatic heterocycles. The Morgan fingerprint density at radius 2 is 2.40 bits per heavy atom. The van der Waals surface area contributed by atoms with Gasteiger partial charge in [-0.1, -0.05) is 11.9 Å². The van der Waals surface area contributed by atoms with Crippen molar-refractivity contribution in [3.8, 4) is 0 Å². The number of nitrogens with one attached hydrogen (secondary N) is 1. The summed E-state index contributed by atoms with van der Waals surface area (Å²) in [6.45, 7) is 1.94. The minimum atomic E-state index is 0.674. The fraction of sp³-hybridized carbons (Fsp3) is 0.333. The van der Waals surface area contributed by atoms with Crippen LogP contribution < -0.4 is 4.72 Å². The van der Waals surface area contributed by atoms with Gasteiger partial charge in [0.2, 0.25) is 5.95 Å². The maximum absolute atomic E-state index is 4.12. The van der Waals surface area contributed by atoms with Crippen LogP contribution in [0.4, 0.5) is 5.95 Å². The predicted octanol–water partition coefficient (Wildman–Crippen LogP) is 1.47. The van der Waals surface area contributed by atoms with Gasteiger partial charge in [-0.25, -0.2) is 9.97 Å². The molecule has 1 aromatic rings. The van der Waals surface area contributed by atoms with E-state index in [0.29, 0.717) is 5.95 Å². The van der Waals surface area contributed by atoms with E-state index in [1.54, 1.807) is 6.20 Å². The summed E-state index contributed by atoms with van der Waals surface area (Å²) in [5.74, 6) is 0.674. The number of nitrogens with zero attached hydrogens (tertiary/aromatic N) is 2. The zero-order valence-electron chi connectivity index (χ0n) is 5.96. The first-order valence-electron chi connectivity index (χ1n) is 2.91. The molecule has 0 unspecified atom stereocenters. The van der Waals surface area contributed by atoms with Gasteiger partial charge < -0.3 is 0 Å². The molecule has 0 fully saturated rings. The Hall–Kier alpha value is -0.770. The van der Waals surface area contributed by atoms with Gasteiger partial charge in [0.1, 0.15) is 0 Å². The van der Waals surface area contributed by atoms with E-state index in [1.807, 2.05) is 19.2 Å². The van der Waals surface area contributed by atoms with E-state index in [-0.39, 0.29) is 0 Å². The molecule has 0 bridgehead atoms. The largest absolute Gasteiger partial charge is 0.298 e. The summed E-state index contributed by atoms with van der Waals surface area (Å²) >= 11 is 1.49. The summed E-state index contributed by atoms with van der Waals surface area (Å²) in [7, 11) is 0. The van der Waals surface area contributed by atoms with Gasteiger partial charge in [0, 0.05) is 18.1 Å². The van der Waals surface area contributed by atoms with Crippen LogP contribution in [0.3, 0.4) is 0 Å². The summed E-state index contributed by atoms with van der Waals surface area (Å²) in [5.41, 5.74) is 0.978. The minimum Gasteiger partial charge on any atom is -0.298 e. The summed E-state index contributed by atoms with van der Waals surface area (Å²) in [4.78, 5) is 8.11. The van der Waals surface area contributed by atoms with Crippen LogP contribution in [0.1, 0.15) is 5.69 Å². The number of hydrogen-bond acceptors (Lipinski definition) is 4. The van der Waals surface area contributed by atoms with Gasteiger partial charge >= 0.3 is 0 Å². The van der Waals surface area contributed by atoms with E-state index in [0.717, 1.165) is 5.69 Å². The number of rotatable bonds is 2. The molecule has 0 spiro atoms. The molecule has 0 aliphatic rings. The van der Waals surface area contributed by atoms with Crippen LogP contribution in [0.25, 0.3) is 0 Å². The van der Waals surface area contributed by atoms with E-state index in [1.165, 1.54) is 11.9 Å². The Labute approximate surface area is 64.4 Å². The predicted molar refractivity (Wildman–Crippen MR) is 43.9 cm³/mol. The fourth-order valence-electron chi connectivity index (χ4n) is 0.589. The molecule has 1 rings (SSSR count). The van der Waals surface area contributed by atoms with Crippen molar-refractivity contribution >= 4 is 17.9 Å². The van der Waals surface area contributed by atoms with Gasteiger partial charge in [0.15, 0.2) is 0 Å². The zero-order chi connectivity index (χ0) is 7.40. The number of aryl methyl sites for hydroxylation is 1. The van der Waals surface area contributed by atoms with E-state index in [2.05, 4.69) is 14.7 Å². The Balaban J connectivity index is 2.75. The minimum absolute atomic E-state index is 0.674. The maximum Gasteiger partial charge on any atom is 0.233 e. The van der Waals surface area contributed by atoms with E-state index < -0.39 is 0 Å². The molecule has 0 atom stereocenters. The lowest BCUT2D eigenvalue weighted by atomic mass is 10.5. The molecule has 0 saturated carbocycles. The third-order valence-corrected chi connectivity index (χ3v) is 1.37. The Kier molecular flexibility index (Phi) is 2.50. The summed E-state index contributed by atoms with van der Waals surface area (Å²) in [6, 6.07) is 1.87. The second kappa shape index (κ2) is 3.41. The van der Waals surface area contributed by atoms with Crippen molar-refractivity contribution in [2.24, 2.45) is 0 Å². The lowest BCUT2D eigenvalue weighted by Gasteiger charge is -1.98. The SMILES string of the molecule is CSNc1nccc(C)n1. The molecule has 1 heterocycles. The van der Waals surface area contributed by atoms with Crippen molar-refractivity contribution in [3.05, 3.63) is 18.0 Å². The lowest BCUT2D eigenvalue weighted by molar-refractivity contribution is 1.12. The second-order valence-electron chi connectivity index (χ2n) is 1.83. The van der Waals surface area contributed by atoms with Crippen LogP contribution in [0.15, 0.2) is 12.3 Å². The van der Waals surface area contributed by atoms with Crippen molar-refractivity contribution in [2.75, 3.05) is 11.0 Å². The zero-order valence-corrected chi connectivity index (χ0v) is 6.77. The normalized spacial score (nSPS) is 9.40. The average Bonchev–Trinajstić information content (AvgIpc) is 1.88. The van der Waals surface area contributed by atoms with E-state index in [4.69, 9.17) is 0 Å². The highest BCUT2D eigenvalue weighted by Crippen LogP contribution is 2.02. The monoisotopic (exact) mass is 155 g/mol. The second-order valence-corrected chi connectivity index (χ2v) is 2.44.